The molecular weight excluding hydrogens is 300 g/mol. The molecule has 2 aromatic rings. The predicted octanol–water partition coefficient (Wildman–Crippen LogP) is 3.99. The lowest BCUT2D eigenvalue weighted by Crippen LogP contribution is -2.32. The van der Waals surface area contributed by atoms with Gasteiger partial charge in [0.15, 0.2) is 0 Å². The molecule has 0 bridgehead atoms. The minimum Gasteiger partial charge on any atom is -0.326 e. The summed E-state index contributed by atoms with van der Waals surface area (Å²) in [6, 6.07) is 13.6. The fraction of sp³-hybridized carbons (Fsp3) is 0.300. The summed E-state index contributed by atoms with van der Waals surface area (Å²) in [5.74, 6) is -0.165. The van der Waals surface area contributed by atoms with E-state index in [1.54, 1.807) is 4.90 Å². The van der Waals surface area contributed by atoms with Crippen LogP contribution in [0.3, 0.4) is 0 Å². The minimum atomic E-state index is -0.101. The van der Waals surface area contributed by atoms with E-state index in [9.17, 15) is 9.59 Å². The highest BCUT2D eigenvalue weighted by Crippen LogP contribution is 2.22. The number of anilines is 2. The van der Waals surface area contributed by atoms with Gasteiger partial charge in [-0.3, -0.25) is 9.59 Å². The molecule has 1 N–H and O–H groups in total. The highest BCUT2D eigenvalue weighted by Gasteiger charge is 2.15. The lowest BCUT2D eigenvalue weighted by molar-refractivity contribution is -0.117. The first-order valence-corrected chi connectivity index (χ1v) is 8.08. The molecule has 0 saturated heterocycles. The van der Waals surface area contributed by atoms with E-state index in [1.165, 1.54) is 6.92 Å². The van der Waals surface area contributed by atoms with Gasteiger partial charge in [-0.05, 0) is 50.1 Å². The molecule has 0 atom stereocenters. The van der Waals surface area contributed by atoms with E-state index in [-0.39, 0.29) is 18.2 Å². The first-order chi connectivity index (χ1) is 11.4. The van der Waals surface area contributed by atoms with Crippen LogP contribution in [0.1, 0.15) is 30.0 Å². The Morgan fingerprint density at radius 3 is 2.21 bits per heavy atom. The van der Waals surface area contributed by atoms with E-state index >= 15 is 0 Å². The Kier molecular flexibility index (Phi) is 5.74. The van der Waals surface area contributed by atoms with Gasteiger partial charge in [-0.25, -0.2) is 0 Å². The number of hydrogen-bond donors (Lipinski definition) is 1. The van der Waals surface area contributed by atoms with Crippen LogP contribution in [-0.4, -0.2) is 18.4 Å². The summed E-state index contributed by atoms with van der Waals surface area (Å²) < 4.78 is 0. The minimum absolute atomic E-state index is 0.0631. The molecule has 126 valence electrons. The Bertz CT molecular complexity index is 736. The van der Waals surface area contributed by atoms with Crippen LogP contribution in [0.4, 0.5) is 11.4 Å². The predicted molar refractivity (Wildman–Crippen MR) is 98.4 cm³/mol. The number of benzene rings is 2. The summed E-state index contributed by atoms with van der Waals surface area (Å²) in [5.41, 5.74) is 4.89. The molecule has 24 heavy (non-hydrogen) atoms. The van der Waals surface area contributed by atoms with E-state index in [4.69, 9.17) is 0 Å². The number of nitrogens with zero attached hydrogens (tertiary/aromatic N) is 1. The standard InChI is InChI=1S/C20H24N2O2/c1-14-6-9-18(10-7-14)21-20(24)11-12-22(17(4)23)19-13-15(2)5-8-16(19)3/h5-10,13H,11-12H2,1-4H3,(H,21,24). The van der Waals surface area contributed by atoms with Gasteiger partial charge >= 0.3 is 0 Å². The van der Waals surface area contributed by atoms with Crippen molar-refractivity contribution in [3.8, 4) is 0 Å². The Morgan fingerprint density at radius 2 is 1.58 bits per heavy atom. The van der Waals surface area contributed by atoms with Gasteiger partial charge in [0, 0.05) is 31.3 Å². The van der Waals surface area contributed by atoms with Crippen molar-refractivity contribution in [2.45, 2.75) is 34.1 Å². The highest BCUT2D eigenvalue weighted by atomic mass is 16.2. The average molecular weight is 324 g/mol. The summed E-state index contributed by atoms with van der Waals surface area (Å²) >= 11 is 0. The zero-order valence-corrected chi connectivity index (χ0v) is 14.7. The number of aryl methyl sites for hydroxylation is 3. The molecule has 4 heteroatoms. The van der Waals surface area contributed by atoms with Crippen molar-refractivity contribution in [2.75, 3.05) is 16.8 Å². The molecule has 0 aliphatic carbocycles. The van der Waals surface area contributed by atoms with Crippen molar-refractivity contribution in [1.82, 2.24) is 0 Å². The monoisotopic (exact) mass is 324 g/mol. The summed E-state index contributed by atoms with van der Waals surface area (Å²) in [5, 5.41) is 2.86. The fourth-order valence-corrected chi connectivity index (χ4v) is 2.53. The maximum atomic E-state index is 12.2. The molecule has 0 aliphatic rings. The van der Waals surface area contributed by atoms with E-state index in [0.717, 1.165) is 28.1 Å². The largest absolute Gasteiger partial charge is 0.326 e. The number of carbonyl (C=O) groups is 2. The van der Waals surface area contributed by atoms with Crippen LogP contribution in [0.2, 0.25) is 0 Å². The topological polar surface area (TPSA) is 49.4 Å². The molecule has 0 unspecified atom stereocenters. The van der Waals surface area contributed by atoms with Crippen LogP contribution in [0.25, 0.3) is 0 Å². The normalized spacial score (nSPS) is 10.3. The number of hydrogen-bond acceptors (Lipinski definition) is 2. The zero-order valence-electron chi connectivity index (χ0n) is 14.7. The molecule has 2 aromatic carbocycles. The summed E-state index contributed by atoms with van der Waals surface area (Å²) in [4.78, 5) is 25.8. The lowest BCUT2D eigenvalue weighted by atomic mass is 10.1. The van der Waals surface area contributed by atoms with E-state index in [1.807, 2.05) is 63.2 Å². The van der Waals surface area contributed by atoms with Crippen LogP contribution >= 0.6 is 0 Å². The smallest absolute Gasteiger partial charge is 0.226 e. The van der Waals surface area contributed by atoms with Gasteiger partial charge in [0.1, 0.15) is 0 Å². The van der Waals surface area contributed by atoms with Crippen LogP contribution in [0, 0.1) is 20.8 Å². The van der Waals surface area contributed by atoms with Gasteiger partial charge in [0.05, 0.1) is 0 Å². The van der Waals surface area contributed by atoms with Gasteiger partial charge in [0.25, 0.3) is 0 Å². The summed E-state index contributed by atoms with van der Waals surface area (Å²) in [6.07, 6.45) is 0.251. The second-order valence-corrected chi connectivity index (χ2v) is 6.12. The van der Waals surface area contributed by atoms with Crippen molar-refractivity contribution in [3.05, 3.63) is 59.2 Å². The SMILES string of the molecule is CC(=O)N(CCC(=O)Nc1ccc(C)cc1)c1cc(C)ccc1C. The van der Waals surface area contributed by atoms with Gasteiger partial charge < -0.3 is 10.2 Å². The lowest BCUT2D eigenvalue weighted by Gasteiger charge is -2.23. The third kappa shape index (κ3) is 4.69. The quantitative estimate of drug-likeness (QED) is 0.904. The van der Waals surface area contributed by atoms with Gasteiger partial charge in [0.2, 0.25) is 11.8 Å². The van der Waals surface area contributed by atoms with Gasteiger partial charge in [-0.1, -0.05) is 29.8 Å². The maximum Gasteiger partial charge on any atom is 0.226 e. The molecule has 0 aromatic heterocycles. The Morgan fingerprint density at radius 1 is 0.958 bits per heavy atom. The molecule has 0 aliphatic heterocycles. The highest BCUT2D eigenvalue weighted by molar-refractivity contribution is 5.95. The van der Waals surface area contributed by atoms with Gasteiger partial charge in [-0.15, -0.1) is 0 Å². The molecule has 2 rings (SSSR count). The number of carbonyl (C=O) groups excluding carboxylic acids is 2. The van der Waals surface area contributed by atoms with Crippen LogP contribution in [0.15, 0.2) is 42.5 Å². The third-order valence-electron chi connectivity index (χ3n) is 3.93. The Balaban J connectivity index is 2.03. The first-order valence-electron chi connectivity index (χ1n) is 8.08. The van der Waals surface area contributed by atoms with Crippen molar-refractivity contribution in [1.29, 1.82) is 0 Å². The molecule has 4 nitrogen and oxygen atoms in total. The molecule has 0 spiro atoms. The summed E-state index contributed by atoms with van der Waals surface area (Å²) in [6.45, 7) is 7.85. The van der Waals surface area contributed by atoms with Crippen molar-refractivity contribution >= 4 is 23.2 Å². The maximum absolute atomic E-state index is 12.2. The Labute approximate surface area is 143 Å². The van der Waals surface area contributed by atoms with E-state index in [0.29, 0.717) is 6.54 Å². The van der Waals surface area contributed by atoms with Crippen LogP contribution in [0.5, 0.6) is 0 Å². The van der Waals surface area contributed by atoms with E-state index < -0.39 is 0 Å². The number of rotatable bonds is 5. The van der Waals surface area contributed by atoms with Crippen molar-refractivity contribution in [2.24, 2.45) is 0 Å². The third-order valence-corrected chi connectivity index (χ3v) is 3.93. The molecule has 0 fully saturated rings. The van der Waals surface area contributed by atoms with Crippen LogP contribution in [-0.2, 0) is 9.59 Å². The van der Waals surface area contributed by atoms with Crippen LogP contribution < -0.4 is 10.2 Å². The fourth-order valence-electron chi connectivity index (χ4n) is 2.53. The molecule has 0 saturated carbocycles. The zero-order chi connectivity index (χ0) is 17.7. The van der Waals surface area contributed by atoms with Gasteiger partial charge in [-0.2, -0.15) is 0 Å². The summed E-state index contributed by atoms with van der Waals surface area (Å²) in [7, 11) is 0. The molecule has 2 amide bonds. The second-order valence-electron chi connectivity index (χ2n) is 6.12. The van der Waals surface area contributed by atoms with Crippen molar-refractivity contribution in [3.63, 3.8) is 0 Å². The second kappa shape index (κ2) is 7.77. The molecule has 0 radical (unpaired) electrons. The number of amides is 2. The van der Waals surface area contributed by atoms with E-state index in [2.05, 4.69) is 5.32 Å². The average Bonchev–Trinajstić information content (AvgIpc) is 2.52. The number of nitrogens with one attached hydrogen (secondary N) is 1. The first kappa shape index (κ1) is 17.7. The molecular formula is C20H24N2O2. The Hall–Kier alpha value is -2.62. The van der Waals surface area contributed by atoms with Crippen molar-refractivity contribution < 1.29 is 9.59 Å². The molecule has 0 heterocycles.